The molecule has 0 bridgehead atoms. The second-order valence-corrected chi connectivity index (χ2v) is 7.22. The quantitative estimate of drug-likeness (QED) is 0.845. The van der Waals surface area contributed by atoms with E-state index in [9.17, 15) is 14.7 Å². The van der Waals surface area contributed by atoms with Gasteiger partial charge in [0.25, 0.3) is 0 Å². The van der Waals surface area contributed by atoms with Crippen LogP contribution < -0.4 is 5.32 Å². The number of aromatic nitrogens is 2. The van der Waals surface area contributed by atoms with Crippen LogP contribution in [0.4, 0.5) is 0 Å². The van der Waals surface area contributed by atoms with Crippen LogP contribution in [0.25, 0.3) is 0 Å². The zero-order chi connectivity index (χ0) is 18.4. The van der Waals surface area contributed by atoms with Crippen LogP contribution in [-0.4, -0.2) is 27.1 Å². The number of nitrogens with one attached hydrogen (secondary N) is 1. The van der Waals surface area contributed by atoms with E-state index in [1.807, 2.05) is 0 Å². The number of nitrogens with zero attached hydrogens (tertiary/aromatic N) is 2. The first kappa shape index (κ1) is 17.4. The van der Waals surface area contributed by atoms with Crippen LogP contribution in [0.3, 0.4) is 0 Å². The maximum Gasteiger partial charge on any atom is 0.307 e. The number of carboxylic acids is 1. The predicted molar refractivity (Wildman–Crippen MR) is 88.9 cm³/mol. The predicted octanol–water partition coefficient (Wildman–Crippen LogP) is 2.59. The molecule has 1 aliphatic carbocycles. The molecule has 1 saturated carbocycles. The second-order valence-electron chi connectivity index (χ2n) is 6.78. The van der Waals surface area contributed by atoms with E-state index in [1.165, 1.54) is 0 Å². The largest absolute Gasteiger partial charge is 0.481 e. The smallest absolute Gasteiger partial charge is 0.307 e. The van der Waals surface area contributed by atoms with Gasteiger partial charge in [-0.25, -0.2) is 0 Å². The molecular formula is C17H18ClN3O4. The van der Waals surface area contributed by atoms with Crippen molar-refractivity contribution in [1.29, 1.82) is 0 Å². The van der Waals surface area contributed by atoms with Crippen molar-refractivity contribution in [3.05, 3.63) is 46.6 Å². The maximum absolute atomic E-state index is 12.7. The van der Waals surface area contributed by atoms with Gasteiger partial charge in [-0.1, -0.05) is 42.7 Å². The molecule has 1 unspecified atom stereocenters. The van der Waals surface area contributed by atoms with E-state index < -0.39 is 29.3 Å². The number of benzene rings is 1. The molecule has 8 heteroatoms. The van der Waals surface area contributed by atoms with Crippen molar-refractivity contribution in [2.24, 2.45) is 17.3 Å². The molecule has 3 rings (SSSR count). The van der Waals surface area contributed by atoms with Gasteiger partial charge in [-0.3, -0.25) is 9.59 Å². The minimum Gasteiger partial charge on any atom is -0.481 e. The number of carbonyl (C=O) groups excluding carboxylic acids is 1. The number of rotatable bonds is 5. The number of carbonyl (C=O) groups is 2. The van der Waals surface area contributed by atoms with Crippen molar-refractivity contribution in [3.8, 4) is 0 Å². The van der Waals surface area contributed by atoms with Crippen molar-refractivity contribution in [2.75, 3.05) is 0 Å². The Morgan fingerprint density at radius 2 is 1.92 bits per heavy atom. The molecule has 0 radical (unpaired) electrons. The standard InChI is InChI=1S/C17H18ClN3O4/c1-8-19-14(21-25-8)13(9-4-6-10(18)7-5-9)20-15(22)11-12(16(23)24)17(11,2)3/h4-7,11-13H,1-3H3,(H,20,22)(H,23,24)/t11-,12+,13?/m0/s1. The van der Waals surface area contributed by atoms with Gasteiger partial charge in [0.15, 0.2) is 5.82 Å². The minimum absolute atomic E-state index is 0.304. The summed E-state index contributed by atoms with van der Waals surface area (Å²) in [6.07, 6.45) is 0. The molecule has 1 aromatic carbocycles. The highest BCUT2D eigenvalue weighted by atomic mass is 35.5. The van der Waals surface area contributed by atoms with E-state index in [0.717, 1.165) is 5.56 Å². The van der Waals surface area contributed by atoms with Crippen LogP contribution in [0.2, 0.25) is 5.02 Å². The summed E-state index contributed by atoms with van der Waals surface area (Å²) in [6.45, 7) is 5.19. The third-order valence-corrected chi connectivity index (χ3v) is 4.92. The summed E-state index contributed by atoms with van der Waals surface area (Å²) in [6, 6.07) is 6.26. The first-order valence-electron chi connectivity index (χ1n) is 7.80. The number of halogens is 1. The maximum atomic E-state index is 12.7. The van der Waals surface area contributed by atoms with Gasteiger partial charge in [0.05, 0.1) is 11.8 Å². The van der Waals surface area contributed by atoms with Gasteiger partial charge >= 0.3 is 5.97 Å². The summed E-state index contributed by atoms with van der Waals surface area (Å²) in [5.41, 5.74) is 0.136. The zero-order valence-electron chi connectivity index (χ0n) is 14.0. The van der Waals surface area contributed by atoms with E-state index >= 15 is 0 Å². The van der Waals surface area contributed by atoms with Gasteiger partial charge in [0.2, 0.25) is 11.8 Å². The molecular weight excluding hydrogens is 346 g/mol. The van der Waals surface area contributed by atoms with Gasteiger partial charge < -0.3 is 14.9 Å². The highest BCUT2D eigenvalue weighted by molar-refractivity contribution is 6.30. The number of hydrogen-bond donors (Lipinski definition) is 2. The van der Waals surface area contributed by atoms with Gasteiger partial charge in [-0.2, -0.15) is 4.98 Å². The third kappa shape index (κ3) is 3.24. The van der Waals surface area contributed by atoms with Crippen LogP contribution in [0.1, 0.15) is 37.2 Å². The molecule has 1 aromatic heterocycles. The summed E-state index contributed by atoms with van der Waals surface area (Å²) in [4.78, 5) is 28.2. The third-order valence-electron chi connectivity index (χ3n) is 4.67. The fourth-order valence-corrected chi connectivity index (χ4v) is 3.33. The fourth-order valence-electron chi connectivity index (χ4n) is 3.20. The molecule has 132 valence electrons. The topological polar surface area (TPSA) is 105 Å². The molecule has 0 aliphatic heterocycles. The van der Waals surface area contributed by atoms with Gasteiger partial charge in [-0.05, 0) is 23.1 Å². The van der Waals surface area contributed by atoms with E-state index in [0.29, 0.717) is 16.7 Å². The Hall–Kier alpha value is -2.41. The molecule has 25 heavy (non-hydrogen) atoms. The average molecular weight is 364 g/mol. The van der Waals surface area contributed by atoms with Crippen LogP contribution in [0, 0.1) is 24.2 Å². The number of aliphatic carboxylic acids is 1. The first-order chi connectivity index (χ1) is 11.7. The summed E-state index contributed by atoms with van der Waals surface area (Å²) in [5.74, 6) is -1.95. The number of carboxylic acid groups (broad SMARTS) is 1. The molecule has 1 heterocycles. The van der Waals surface area contributed by atoms with E-state index in [1.54, 1.807) is 45.0 Å². The monoisotopic (exact) mass is 363 g/mol. The van der Waals surface area contributed by atoms with E-state index in [2.05, 4.69) is 15.5 Å². The van der Waals surface area contributed by atoms with Gasteiger partial charge in [0.1, 0.15) is 6.04 Å². The highest BCUT2D eigenvalue weighted by Gasteiger charge is 2.66. The highest BCUT2D eigenvalue weighted by Crippen LogP contribution is 2.58. The first-order valence-corrected chi connectivity index (χ1v) is 8.18. The van der Waals surface area contributed by atoms with Crippen molar-refractivity contribution >= 4 is 23.5 Å². The molecule has 7 nitrogen and oxygen atoms in total. The van der Waals surface area contributed by atoms with Crippen molar-refractivity contribution < 1.29 is 19.2 Å². The van der Waals surface area contributed by atoms with Crippen molar-refractivity contribution in [3.63, 3.8) is 0 Å². The molecule has 1 aliphatic rings. The molecule has 0 spiro atoms. The van der Waals surface area contributed by atoms with E-state index in [-0.39, 0.29) is 5.91 Å². The Morgan fingerprint density at radius 3 is 2.40 bits per heavy atom. The lowest BCUT2D eigenvalue weighted by Crippen LogP contribution is -2.32. The molecule has 2 aromatic rings. The lowest BCUT2D eigenvalue weighted by atomic mass is 10.0. The Balaban J connectivity index is 1.87. The molecule has 3 atom stereocenters. The lowest BCUT2D eigenvalue weighted by molar-refractivity contribution is -0.140. The van der Waals surface area contributed by atoms with Gasteiger partial charge in [-0.15, -0.1) is 0 Å². The Kier molecular flexibility index (Phi) is 4.28. The summed E-state index contributed by atoms with van der Waals surface area (Å²) < 4.78 is 5.02. The van der Waals surface area contributed by atoms with Crippen LogP contribution in [0.15, 0.2) is 28.8 Å². The molecule has 0 saturated heterocycles. The van der Waals surface area contributed by atoms with Crippen LogP contribution >= 0.6 is 11.6 Å². The number of hydrogen-bond acceptors (Lipinski definition) is 5. The van der Waals surface area contributed by atoms with Crippen molar-refractivity contribution in [2.45, 2.75) is 26.8 Å². The fraction of sp³-hybridized carbons (Fsp3) is 0.412. The summed E-state index contributed by atoms with van der Waals surface area (Å²) in [5, 5.41) is 16.6. The second kappa shape index (κ2) is 6.15. The Morgan fingerprint density at radius 1 is 1.28 bits per heavy atom. The molecule has 1 fully saturated rings. The SMILES string of the molecule is Cc1nc(C(NC(=O)[C@@H]2[C@H](C(=O)O)C2(C)C)c2ccc(Cl)cc2)no1. The van der Waals surface area contributed by atoms with Crippen LogP contribution in [0.5, 0.6) is 0 Å². The van der Waals surface area contributed by atoms with Crippen LogP contribution in [-0.2, 0) is 9.59 Å². The lowest BCUT2D eigenvalue weighted by Gasteiger charge is -2.16. The molecule has 2 N–H and O–H groups in total. The summed E-state index contributed by atoms with van der Waals surface area (Å²) in [7, 11) is 0. The Bertz CT molecular complexity index is 816. The molecule has 1 amide bonds. The minimum atomic E-state index is -0.969. The Labute approximate surface area is 149 Å². The normalized spacial score (nSPS) is 22.2. The average Bonchev–Trinajstić information content (AvgIpc) is 2.88. The van der Waals surface area contributed by atoms with Crippen molar-refractivity contribution in [1.82, 2.24) is 15.5 Å². The van der Waals surface area contributed by atoms with Gasteiger partial charge in [0, 0.05) is 11.9 Å². The number of aryl methyl sites for hydroxylation is 1. The summed E-state index contributed by atoms with van der Waals surface area (Å²) >= 11 is 5.92. The zero-order valence-corrected chi connectivity index (χ0v) is 14.7. The van der Waals surface area contributed by atoms with E-state index in [4.69, 9.17) is 16.1 Å². The number of amides is 1.